The highest BCUT2D eigenvalue weighted by atomic mass is 19.1. The van der Waals surface area contributed by atoms with Crippen molar-refractivity contribution in [2.75, 3.05) is 19.5 Å². The van der Waals surface area contributed by atoms with Crippen LogP contribution in [-0.2, 0) is 14.3 Å². The van der Waals surface area contributed by atoms with E-state index in [1.165, 1.54) is 13.2 Å². The molecular formula is C13H16FN3O6. The summed E-state index contributed by atoms with van der Waals surface area (Å²) >= 11 is 0. The highest BCUT2D eigenvalue weighted by Crippen LogP contribution is 2.31. The Kier molecular flexibility index (Phi) is 5.08. The molecule has 1 aliphatic rings. The summed E-state index contributed by atoms with van der Waals surface area (Å²) in [5, 5.41) is 18.6. The number of methoxy groups -OCH3 is 1. The number of aromatic nitrogens is 2. The standard InChI is InChI=1S/C13H16FN3O6/c1-22-8(19)3-2-6-4-17(13(21)16-11(6)15)12-9(14)10(20)7(5-18)23-12/h2-4,7,9-10,12,18,20H,5H2,1H3,(H2,15,16,21). The minimum Gasteiger partial charge on any atom is -0.466 e. The van der Waals surface area contributed by atoms with Crippen molar-refractivity contribution in [2.24, 2.45) is 0 Å². The Bertz CT molecular complexity index is 676. The SMILES string of the molecule is COC(=O)C=Cc1cn(C2OC(CO)C(O)C2F)c(=O)nc1N. The van der Waals surface area contributed by atoms with Gasteiger partial charge >= 0.3 is 11.7 Å². The van der Waals surface area contributed by atoms with Crippen LogP contribution >= 0.6 is 0 Å². The zero-order valence-electron chi connectivity index (χ0n) is 12.1. The largest absolute Gasteiger partial charge is 0.466 e. The van der Waals surface area contributed by atoms with E-state index >= 15 is 0 Å². The lowest BCUT2D eigenvalue weighted by Gasteiger charge is -2.16. The summed E-state index contributed by atoms with van der Waals surface area (Å²) in [6.07, 6.45) is -2.70. The summed E-state index contributed by atoms with van der Waals surface area (Å²) in [5.41, 5.74) is 4.85. The van der Waals surface area contributed by atoms with Crippen molar-refractivity contribution in [3.63, 3.8) is 0 Å². The molecule has 4 N–H and O–H groups in total. The minimum absolute atomic E-state index is 0.160. The predicted molar refractivity (Wildman–Crippen MR) is 75.9 cm³/mol. The maximum absolute atomic E-state index is 14.1. The number of nitrogens with zero attached hydrogens (tertiary/aromatic N) is 2. The first-order chi connectivity index (χ1) is 10.9. The number of alkyl halides is 1. The number of esters is 1. The smallest absolute Gasteiger partial charge is 0.351 e. The first kappa shape index (κ1) is 17.1. The second-order valence-electron chi connectivity index (χ2n) is 4.81. The lowest BCUT2D eigenvalue weighted by atomic mass is 10.1. The van der Waals surface area contributed by atoms with E-state index in [9.17, 15) is 19.1 Å². The van der Waals surface area contributed by atoms with E-state index < -0.39 is 42.9 Å². The molecular weight excluding hydrogens is 313 g/mol. The third-order valence-electron chi connectivity index (χ3n) is 3.36. The van der Waals surface area contributed by atoms with E-state index in [0.717, 1.165) is 16.8 Å². The second-order valence-corrected chi connectivity index (χ2v) is 4.81. The normalized spacial score (nSPS) is 27.5. The van der Waals surface area contributed by atoms with Gasteiger partial charge in [-0.1, -0.05) is 0 Å². The number of aliphatic hydroxyl groups is 2. The van der Waals surface area contributed by atoms with Gasteiger partial charge in [0.25, 0.3) is 0 Å². The molecule has 0 spiro atoms. The van der Waals surface area contributed by atoms with Gasteiger partial charge in [0.05, 0.1) is 13.7 Å². The number of nitrogens with two attached hydrogens (primary N) is 1. The Labute approximate surface area is 129 Å². The molecule has 9 nitrogen and oxygen atoms in total. The molecule has 0 aromatic carbocycles. The fraction of sp³-hybridized carbons (Fsp3) is 0.462. The zero-order valence-corrected chi connectivity index (χ0v) is 12.1. The quantitative estimate of drug-likeness (QED) is 0.453. The summed E-state index contributed by atoms with van der Waals surface area (Å²) in [6, 6.07) is 0. The first-order valence-electron chi connectivity index (χ1n) is 6.62. The molecule has 0 saturated carbocycles. The molecule has 1 aliphatic heterocycles. The fourth-order valence-corrected chi connectivity index (χ4v) is 2.11. The topological polar surface area (TPSA) is 137 Å². The van der Waals surface area contributed by atoms with Crippen LogP contribution in [0.25, 0.3) is 6.08 Å². The Morgan fingerprint density at radius 1 is 1.65 bits per heavy atom. The number of nitrogen functional groups attached to an aromatic ring is 1. The summed E-state index contributed by atoms with van der Waals surface area (Å²) in [4.78, 5) is 26.5. The average Bonchev–Trinajstić information content (AvgIpc) is 2.81. The van der Waals surface area contributed by atoms with Crippen molar-refractivity contribution in [2.45, 2.75) is 24.6 Å². The fourth-order valence-electron chi connectivity index (χ4n) is 2.11. The van der Waals surface area contributed by atoms with E-state index in [-0.39, 0.29) is 11.4 Å². The van der Waals surface area contributed by atoms with Gasteiger partial charge in [0.2, 0.25) is 0 Å². The molecule has 2 rings (SSSR count). The molecule has 1 aromatic heterocycles. The molecule has 126 valence electrons. The molecule has 4 atom stereocenters. The van der Waals surface area contributed by atoms with Crippen molar-refractivity contribution < 1.29 is 28.9 Å². The van der Waals surface area contributed by atoms with Crippen LogP contribution in [0, 0.1) is 0 Å². The summed E-state index contributed by atoms with van der Waals surface area (Å²) in [5.74, 6) is -0.822. The van der Waals surface area contributed by atoms with Crippen LogP contribution in [0.5, 0.6) is 0 Å². The molecule has 0 aliphatic carbocycles. The maximum Gasteiger partial charge on any atom is 0.351 e. The Morgan fingerprint density at radius 2 is 2.35 bits per heavy atom. The number of carbonyl (C=O) groups is 1. The molecule has 4 unspecified atom stereocenters. The molecule has 23 heavy (non-hydrogen) atoms. The molecule has 0 bridgehead atoms. The number of carbonyl (C=O) groups excluding carboxylic acids is 1. The van der Waals surface area contributed by atoms with Crippen LogP contribution in [0.3, 0.4) is 0 Å². The molecule has 1 aromatic rings. The number of hydrogen-bond donors (Lipinski definition) is 3. The number of aliphatic hydroxyl groups excluding tert-OH is 2. The highest BCUT2D eigenvalue weighted by molar-refractivity contribution is 5.87. The van der Waals surface area contributed by atoms with Crippen molar-refractivity contribution in [1.82, 2.24) is 9.55 Å². The van der Waals surface area contributed by atoms with Gasteiger partial charge in [0.1, 0.15) is 18.0 Å². The van der Waals surface area contributed by atoms with Crippen molar-refractivity contribution >= 4 is 17.9 Å². The second kappa shape index (κ2) is 6.86. The van der Waals surface area contributed by atoms with Gasteiger partial charge in [-0.25, -0.2) is 14.0 Å². The van der Waals surface area contributed by atoms with Crippen LogP contribution < -0.4 is 11.4 Å². The van der Waals surface area contributed by atoms with Crippen molar-refractivity contribution in [3.8, 4) is 0 Å². The van der Waals surface area contributed by atoms with Crippen LogP contribution in [-0.4, -0.2) is 57.8 Å². The minimum atomic E-state index is -1.94. The van der Waals surface area contributed by atoms with Crippen LogP contribution in [0.4, 0.5) is 10.2 Å². The lowest BCUT2D eigenvalue weighted by molar-refractivity contribution is -0.134. The van der Waals surface area contributed by atoms with Gasteiger partial charge in [-0.3, -0.25) is 4.57 Å². The summed E-state index contributed by atoms with van der Waals surface area (Å²) < 4.78 is 24.5. The highest BCUT2D eigenvalue weighted by Gasteiger charge is 2.45. The van der Waals surface area contributed by atoms with Gasteiger partial charge < -0.3 is 25.4 Å². The lowest BCUT2D eigenvalue weighted by Crippen LogP contribution is -2.34. The molecule has 2 heterocycles. The van der Waals surface area contributed by atoms with Crippen LogP contribution in [0.1, 0.15) is 11.8 Å². The Hall–Kier alpha value is -2.30. The Morgan fingerprint density at radius 3 is 2.91 bits per heavy atom. The van der Waals surface area contributed by atoms with Crippen molar-refractivity contribution in [1.29, 1.82) is 0 Å². The summed E-state index contributed by atoms with van der Waals surface area (Å²) in [7, 11) is 1.19. The van der Waals surface area contributed by atoms with Crippen LogP contribution in [0.15, 0.2) is 17.1 Å². The van der Waals surface area contributed by atoms with E-state index in [4.69, 9.17) is 15.6 Å². The monoisotopic (exact) mass is 329 g/mol. The van der Waals surface area contributed by atoms with E-state index in [2.05, 4.69) is 9.72 Å². The number of rotatable bonds is 4. The molecule has 1 fully saturated rings. The molecule has 1 saturated heterocycles. The van der Waals surface area contributed by atoms with Crippen LogP contribution in [0.2, 0.25) is 0 Å². The van der Waals surface area contributed by atoms with Gasteiger partial charge in [-0.05, 0) is 6.08 Å². The maximum atomic E-state index is 14.1. The number of ether oxygens (including phenoxy) is 2. The number of anilines is 1. The first-order valence-corrected chi connectivity index (χ1v) is 6.62. The van der Waals surface area contributed by atoms with Gasteiger partial charge in [-0.15, -0.1) is 0 Å². The van der Waals surface area contributed by atoms with E-state index in [0.29, 0.717) is 0 Å². The van der Waals surface area contributed by atoms with E-state index in [1.807, 2.05) is 0 Å². The molecule has 0 radical (unpaired) electrons. The predicted octanol–water partition coefficient (Wildman–Crippen LogP) is -1.40. The van der Waals surface area contributed by atoms with Gasteiger partial charge in [0.15, 0.2) is 12.4 Å². The van der Waals surface area contributed by atoms with Crippen molar-refractivity contribution in [3.05, 3.63) is 28.3 Å². The average molecular weight is 329 g/mol. The number of hydrogen-bond acceptors (Lipinski definition) is 8. The molecule has 0 amide bonds. The zero-order chi connectivity index (χ0) is 17.1. The molecule has 10 heteroatoms. The van der Waals surface area contributed by atoms with E-state index in [1.54, 1.807) is 0 Å². The number of halogens is 1. The third kappa shape index (κ3) is 3.38. The van der Waals surface area contributed by atoms with Gasteiger partial charge in [0, 0.05) is 17.8 Å². The Balaban J connectivity index is 2.38. The van der Waals surface area contributed by atoms with Gasteiger partial charge in [-0.2, -0.15) is 4.98 Å². The third-order valence-corrected chi connectivity index (χ3v) is 3.36. The summed E-state index contributed by atoms with van der Waals surface area (Å²) in [6.45, 7) is -0.607.